The highest BCUT2D eigenvalue weighted by Gasteiger charge is 2.24. The Morgan fingerprint density at radius 1 is 0.952 bits per heavy atom. The molecule has 0 radical (unpaired) electrons. The molecule has 0 aliphatic carbocycles. The Balaban J connectivity index is 1.47. The molecule has 2 aliphatic heterocycles. The quantitative estimate of drug-likeness (QED) is 0.658. The van der Waals surface area contributed by atoms with Gasteiger partial charge in [0.25, 0.3) is 0 Å². The molecule has 2 saturated heterocycles. The molecular weight excluding hydrogens is 262 g/mol. The lowest BCUT2D eigenvalue weighted by Crippen LogP contribution is -2.46. The molecule has 2 aliphatic rings. The number of likely N-dealkylation sites (tertiary alicyclic amines) is 2. The zero-order chi connectivity index (χ0) is 14.8. The van der Waals surface area contributed by atoms with Crippen LogP contribution in [0.15, 0.2) is 0 Å². The predicted octanol–water partition coefficient (Wildman–Crippen LogP) is 1.95. The van der Waals surface area contributed by atoms with Crippen molar-refractivity contribution in [1.82, 2.24) is 15.1 Å². The molecule has 2 fully saturated rings. The van der Waals surface area contributed by atoms with Crippen molar-refractivity contribution >= 4 is 0 Å². The fraction of sp³-hybridized carbons (Fsp3) is 1.00. The average molecular weight is 297 g/mol. The normalized spacial score (nSPS) is 22.7. The van der Waals surface area contributed by atoms with Crippen LogP contribution >= 0.6 is 0 Å². The maximum atomic E-state index is 5.03. The average Bonchev–Trinajstić information content (AvgIpc) is 2.55. The number of methoxy groups -OCH3 is 1. The molecule has 21 heavy (non-hydrogen) atoms. The molecule has 1 N–H and O–H groups in total. The van der Waals surface area contributed by atoms with E-state index in [2.05, 4.69) is 15.1 Å². The van der Waals surface area contributed by atoms with Gasteiger partial charge in [-0.05, 0) is 77.8 Å². The summed E-state index contributed by atoms with van der Waals surface area (Å²) in [5, 5.41) is 3.42. The van der Waals surface area contributed by atoms with Crippen molar-refractivity contribution in [3.05, 3.63) is 0 Å². The molecule has 0 aromatic heterocycles. The minimum Gasteiger partial charge on any atom is -0.383 e. The first-order chi connectivity index (χ1) is 10.4. The molecule has 0 atom stereocenters. The van der Waals surface area contributed by atoms with Crippen molar-refractivity contribution < 1.29 is 4.74 Å². The van der Waals surface area contributed by atoms with Crippen molar-refractivity contribution in [1.29, 1.82) is 0 Å². The Hall–Kier alpha value is -0.160. The SMILES string of the molecule is COCCNCCCCN1CCC(N2CCCCC2)CC1. The van der Waals surface area contributed by atoms with Crippen LogP contribution in [-0.4, -0.2) is 75.4 Å². The minimum absolute atomic E-state index is 0.823. The van der Waals surface area contributed by atoms with Crippen molar-refractivity contribution in [2.75, 3.05) is 59.5 Å². The zero-order valence-electron chi connectivity index (χ0n) is 14.0. The Labute approximate surface area is 131 Å². The van der Waals surface area contributed by atoms with Crippen LogP contribution in [-0.2, 0) is 4.74 Å². The lowest BCUT2D eigenvalue weighted by atomic mass is 10.00. The summed E-state index contributed by atoms with van der Waals surface area (Å²) in [5.74, 6) is 0. The first kappa shape index (κ1) is 17.2. The van der Waals surface area contributed by atoms with Gasteiger partial charge in [0.05, 0.1) is 6.61 Å². The van der Waals surface area contributed by atoms with E-state index in [4.69, 9.17) is 4.74 Å². The molecule has 4 nitrogen and oxygen atoms in total. The van der Waals surface area contributed by atoms with Gasteiger partial charge < -0.3 is 19.9 Å². The van der Waals surface area contributed by atoms with E-state index < -0.39 is 0 Å². The third kappa shape index (κ3) is 6.64. The van der Waals surface area contributed by atoms with Gasteiger partial charge in [-0.3, -0.25) is 0 Å². The number of nitrogens with one attached hydrogen (secondary N) is 1. The van der Waals surface area contributed by atoms with Gasteiger partial charge in [-0.25, -0.2) is 0 Å². The van der Waals surface area contributed by atoms with Crippen LogP contribution in [0.4, 0.5) is 0 Å². The predicted molar refractivity (Wildman–Crippen MR) is 88.9 cm³/mol. The number of hydrogen-bond acceptors (Lipinski definition) is 4. The van der Waals surface area contributed by atoms with Crippen LogP contribution in [0.1, 0.15) is 44.9 Å². The molecule has 4 heteroatoms. The second kappa shape index (κ2) is 10.5. The molecule has 0 spiro atoms. The van der Waals surface area contributed by atoms with Crippen molar-refractivity contribution in [2.24, 2.45) is 0 Å². The lowest BCUT2D eigenvalue weighted by molar-refractivity contribution is 0.0919. The third-order valence-corrected chi connectivity index (χ3v) is 5.03. The Morgan fingerprint density at radius 3 is 2.43 bits per heavy atom. The fourth-order valence-corrected chi connectivity index (χ4v) is 3.68. The molecule has 0 unspecified atom stereocenters. The summed E-state index contributed by atoms with van der Waals surface area (Å²) in [6.45, 7) is 9.58. The molecule has 0 amide bonds. The Kier molecular flexibility index (Phi) is 8.64. The second-order valence-corrected chi connectivity index (χ2v) is 6.62. The molecule has 0 saturated carbocycles. The molecule has 2 heterocycles. The standard InChI is InChI=1S/C17H35N3O/c1-21-16-10-18-9-3-6-11-19-14-7-17(8-15-19)20-12-4-2-5-13-20/h17-18H,2-16H2,1H3. The van der Waals surface area contributed by atoms with Gasteiger partial charge in [0.2, 0.25) is 0 Å². The maximum Gasteiger partial charge on any atom is 0.0587 e. The summed E-state index contributed by atoms with van der Waals surface area (Å²) in [6, 6.07) is 0.886. The van der Waals surface area contributed by atoms with Crippen LogP contribution in [0.5, 0.6) is 0 Å². The summed E-state index contributed by atoms with van der Waals surface area (Å²) in [5.41, 5.74) is 0. The first-order valence-electron chi connectivity index (χ1n) is 9.06. The van der Waals surface area contributed by atoms with Gasteiger partial charge in [0, 0.05) is 19.7 Å². The lowest BCUT2D eigenvalue weighted by Gasteiger charge is -2.40. The summed E-state index contributed by atoms with van der Waals surface area (Å²) < 4.78 is 5.03. The highest BCUT2D eigenvalue weighted by atomic mass is 16.5. The van der Waals surface area contributed by atoms with E-state index in [1.54, 1.807) is 7.11 Å². The largest absolute Gasteiger partial charge is 0.383 e. The van der Waals surface area contributed by atoms with Gasteiger partial charge in [0.1, 0.15) is 0 Å². The number of unbranched alkanes of at least 4 members (excludes halogenated alkanes) is 1. The molecular formula is C17H35N3O. The molecule has 0 aromatic rings. The van der Waals surface area contributed by atoms with Gasteiger partial charge in [-0.1, -0.05) is 6.42 Å². The highest BCUT2D eigenvalue weighted by Crippen LogP contribution is 2.20. The van der Waals surface area contributed by atoms with E-state index in [0.29, 0.717) is 0 Å². The van der Waals surface area contributed by atoms with E-state index in [-0.39, 0.29) is 0 Å². The van der Waals surface area contributed by atoms with Crippen LogP contribution in [0.25, 0.3) is 0 Å². The van der Waals surface area contributed by atoms with Crippen molar-refractivity contribution in [3.8, 4) is 0 Å². The smallest absolute Gasteiger partial charge is 0.0587 e. The summed E-state index contributed by atoms with van der Waals surface area (Å²) in [4.78, 5) is 5.44. The number of piperidine rings is 2. The monoisotopic (exact) mass is 297 g/mol. The molecule has 0 bridgehead atoms. The first-order valence-corrected chi connectivity index (χ1v) is 9.06. The summed E-state index contributed by atoms with van der Waals surface area (Å²) in [7, 11) is 1.76. The number of ether oxygens (including phenoxy) is 1. The maximum absolute atomic E-state index is 5.03. The molecule has 2 rings (SSSR count). The Morgan fingerprint density at radius 2 is 1.71 bits per heavy atom. The van der Waals surface area contributed by atoms with Crippen LogP contribution in [0.3, 0.4) is 0 Å². The number of nitrogens with zero attached hydrogens (tertiary/aromatic N) is 2. The van der Waals surface area contributed by atoms with Crippen molar-refractivity contribution in [3.63, 3.8) is 0 Å². The minimum atomic E-state index is 0.823. The number of hydrogen-bond donors (Lipinski definition) is 1. The highest BCUT2D eigenvalue weighted by molar-refractivity contribution is 4.81. The van der Waals surface area contributed by atoms with E-state index >= 15 is 0 Å². The molecule has 124 valence electrons. The van der Waals surface area contributed by atoms with Crippen molar-refractivity contribution in [2.45, 2.75) is 51.0 Å². The van der Waals surface area contributed by atoms with E-state index in [1.165, 1.54) is 77.7 Å². The van der Waals surface area contributed by atoms with Gasteiger partial charge in [0.15, 0.2) is 0 Å². The molecule has 0 aromatic carbocycles. The third-order valence-electron chi connectivity index (χ3n) is 5.03. The topological polar surface area (TPSA) is 27.7 Å². The van der Waals surface area contributed by atoms with Gasteiger partial charge in [-0.15, -0.1) is 0 Å². The van der Waals surface area contributed by atoms with Crippen LogP contribution in [0.2, 0.25) is 0 Å². The number of rotatable bonds is 9. The van der Waals surface area contributed by atoms with E-state index in [9.17, 15) is 0 Å². The van der Waals surface area contributed by atoms with E-state index in [1.807, 2.05) is 0 Å². The summed E-state index contributed by atoms with van der Waals surface area (Å²) >= 11 is 0. The summed E-state index contributed by atoms with van der Waals surface area (Å²) in [6.07, 6.45) is 9.71. The Bertz CT molecular complexity index is 248. The van der Waals surface area contributed by atoms with E-state index in [0.717, 1.165) is 25.7 Å². The van der Waals surface area contributed by atoms with Gasteiger partial charge in [-0.2, -0.15) is 0 Å². The van der Waals surface area contributed by atoms with Gasteiger partial charge >= 0.3 is 0 Å². The zero-order valence-corrected chi connectivity index (χ0v) is 14.0. The van der Waals surface area contributed by atoms with Crippen LogP contribution in [0, 0.1) is 0 Å². The van der Waals surface area contributed by atoms with Crippen LogP contribution < -0.4 is 5.32 Å². The fourth-order valence-electron chi connectivity index (χ4n) is 3.68. The second-order valence-electron chi connectivity index (χ2n) is 6.62.